The molecule has 0 radical (unpaired) electrons. The number of ketones is 1. The van der Waals surface area contributed by atoms with Crippen molar-refractivity contribution in [1.82, 2.24) is 10.4 Å². The first-order chi connectivity index (χ1) is 8.13. The maximum Gasteiger partial charge on any atom is 0.273 e. The van der Waals surface area contributed by atoms with Crippen molar-refractivity contribution >= 4 is 13.4 Å². The standard InChI is InChI=1S/C11H27N4O2P/c1-8(2)11(16)10(15-9(3)4)6-5-7-14-18(12,13)17/h8-10,15H,5-7H2,1-4H3,(H5,12,13,14,17)/t10-/m0/s1. The summed E-state index contributed by atoms with van der Waals surface area (Å²) in [6.45, 7) is 8.25. The summed E-state index contributed by atoms with van der Waals surface area (Å²) in [5, 5.41) is 5.82. The number of nitrogens with one attached hydrogen (secondary N) is 2. The Hall–Kier alpha value is -0.260. The molecule has 0 spiro atoms. The van der Waals surface area contributed by atoms with Crippen LogP contribution < -0.4 is 21.4 Å². The zero-order valence-corrected chi connectivity index (χ0v) is 12.7. The van der Waals surface area contributed by atoms with Crippen molar-refractivity contribution in [1.29, 1.82) is 0 Å². The van der Waals surface area contributed by atoms with Crippen molar-refractivity contribution in [2.45, 2.75) is 52.6 Å². The molecule has 0 aromatic rings. The second-order valence-corrected chi connectivity index (χ2v) is 6.93. The number of rotatable bonds is 9. The third kappa shape index (κ3) is 8.78. The van der Waals surface area contributed by atoms with Gasteiger partial charge in [-0.2, -0.15) is 0 Å². The van der Waals surface area contributed by atoms with E-state index in [2.05, 4.69) is 10.4 Å². The van der Waals surface area contributed by atoms with E-state index in [1.165, 1.54) is 0 Å². The van der Waals surface area contributed by atoms with Gasteiger partial charge in [-0.3, -0.25) is 20.4 Å². The molecule has 7 heteroatoms. The SMILES string of the molecule is CC(C)N[C@@H](CCCNP(N)(N)=O)C(=O)C(C)C. The number of carbonyl (C=O) groups excluding carboxylic acids is 1. The smallest absolute Gasteiger partial charge is 0.273 e. The minimum Gasteiger partial charge on any atom is -0.305 e. The lowest BCUT2D eigenvalue weighted by Gasteiger charge is -2.22. The maximum atomic E-state index is 12.0. The molecule has 0 aliphatic rings. The molecule has 0 saturated heterocycles. The highest BCUT2D eigenvalue weighted by Gasteiger charge is 2.21. The van der Waals surface area contributed by atoms with Gasteiger partial charge in [-0.1, -0.05) is 27.7 Å². The Balaban J connectivity index is 4.18. The molecular weight excluding hydrogens is 251 g/mol. The Kier molecular flexibility index (Phi) is 7.90. The average Bonchev–Trinajstić information content (AvgIpc) is 2.19. The lowest BCUT2D eigenvalue weighted by atomic mass is 9.97. The molecule has 0 aromatic heterocycles. The second-order valence-electron chi connectivity index (χ2n) is 5.19. The number of Topliss-reactive ketones (excluding diaryl/α,β-unsaturated/α-hetero) is 1. The third-order valence-corrected chi connectivity index (χ3v) is 3.19. The fraction of sp³-hybridized carbons (Fsp3) is 0.909. The van der Waals surface area contributed by atoms with Crippen LogP contribution in [-0.2, 0) is 9.36 Å². The van der Waals surface area contributed by atoms with E-state index in [4.69, 9.17) is 11.0 Å². The molecule has 1 atom stereocenters. The molecule has 6 nitrogen and oxygen atoms in total. The predicted octanol–water partition coefficient (Wildman–Crippen LogP) is 0.973. The van der Waals surface area contributed by atoms with Gasteiger partial charge in [0, 0.05) is 18.5 Å². The summed E-state index contributed by atoms with van der Waals surface area (Å²) in [7, 11) is -3.15. The largest absolute Gasteiger partial charge is 0.305 e. The predicted molar refractivity (Wildman–Crippen MR) is 75.1 cm³/mol. The van der Waals surface area contributed by atoms with Crippen LogP contribution >= 0.6 is 7.59 Å². The first-order valence-corrected chi connectivity index (χ1v) is 8.20. The minimum absolute atomic E-state index is 0.00400. The van der Waals surface area contributed by atoms with Crippen LogP contribution in [0, 0.1) is 5.92 Å². The van der Waals surface area contributed by atoms with Crippen molar-refractivity contribution in [3.8, 4) is 0 Å². The zero-order valence-electron chi connectivity index (χ0n) is 11.8. The van der Waals surface area contributed by atoms with Crippen molar-refractivity contribution in [3.05, 3.63) is 0 Å². The summed E-state index contributed by atoms with van der Waals surface area (Å²) in [6, 6.07) is 0.0857. The highest BCUT2D eigenvalue weighted by molar-refractivity contribution is 7.56. The van der Waals surface area contributed by atoms with Crippen LogP contribution in [0.4, 0.5) is 0 Å². The number of carbonyl (C=O) groups is 1. The lowest BCUT2D eigenvalue weighted by molar-refractivity contribution is -0.124. The molecule has 0 bridgehead atoms. The number of nitrogens with two attached hydrogens (primary N) is 2. The van der Waals surface area contributed by atoms with Crippen LogP contribution in [-0.4, -0.2) is 24.4 Å². The summed E-state index contributed by atoms with van der Waals surface area (Å²) in [5.74, 6) is 0.205. The Morgan fingerprint density at radius 1 is 1.22 bits per heavy atom. The fourth-order valence-electron chi connectivity index (χ4n) is 1.67. The van der Waals surface area contributed by atoms with Crippen LogP contribution in [0.25, 0.3) is 0 Å². The molecule has 18 heavy (non-hydrogen) atoms. The van der Waals surface area contributed by atoms with Crippen molar-refractivity contribution in [2.75, 3.05) is 6.54 Å². The molecule has 108 valence electrons. The lowest BCUT2D eigenvalue weighted by Crippen LogP contribution is -2.43. The van der Waals surface area contributed by atoms with E-state index in [-0.39, 0.29) is 23.8 Å². The van der Waals surface area contributed by atoms with E-state index < -0.39 is 7.59 Å². The minimum atomic E-state index is -3.15. The maximum absolute atomic E-state index is 12.0. The molecule has 0 unspecified atom stereocenters. The summed E-state index contributed by atoms with van der Waals surface area (Å²) >= 11 is 0. The van der Waals surface area contributed by atoms with E-state index in [1.54, 1.807) is 0 Å². The van der Waals surface area contributed by atoms with Gasteiger partial charge < -0.3 is 5.32 Å². The molecule has 0 aliphatic heterocycles. The molecule has 0 heterocycles. The first kappa shape index (κ1) is 17.7. The zero-order chi connectivity index (χ0) is 14.3. The Morgan fingerprint density at radius 2 is 1.78 bits per heavy atom. The van der Waals surface area contributed by atoms with E-state index >= 15 is 0 Å². The Bertz CT molecular complexity index is 301. The molecule has 6 N–H and O–H groups in total. The Labute approximate surface area is 110 Å². The molecule has 0 saturated carbocycles. The molecular formula is C11H27N4O2P. The number of hydrogen-bond donors (Lipinski definition) is 4. The summed E-state index contributed by atoms with van der Waals surface area (Å²) < 4.78 is 11.0. The quantitative estimate of drug-likeness (QED) is 0.369. The van der Waals surface area contributed by atoms with Gasteiger partial charge in [-0.25, -0.2) is 5.09 Å². The molecule has 0 fully saturated rings. The van der Waals surface area contributed by atoms with Crippen molar-refractivity contribution in [3.63, 3.8) is 0 Å². The third-order valence-electron chi connectivity index (χ3n) is 2.48. The summed E-state index contributed by atoms with van der Waals surface area (Å²) in [5.41, 5.74) is 10.4. The van der Waals surface area contributed by atoms with Gasteiger partial charge in [-0.15, -0.1) is 0 Å². The van der Waals surface area contributed by atoms with Crippen LogP contribution in [0.3, 0.4) is 0 Å². The Morgan fingerprint density at radius 3 is 2.17 bits per heavy atom. The van der Waals surface area contributed by atoms with Gasteiger partial charge in [-0.05, 0) is 12.8 Å². The van der Waals surface area contributed by atoms with Gasteiger partial charge in [0.15, 0.2) is 5.78 Å². The molecule has 0 aliphatic carbocycles. The van der Waals surface area contributed by atoms with E-state index in [1.807, 2.05) is 27.7 Å². The highest BCUT2D eigenvalue weighted by atomic mass is 31.2. The fourth-order valence-corrected chi connectivity index (χ4v) is 2.18. The monoisotopic (exact) mass is 278 g/mol. The summed E-state index contributed by atoms with van der Waals surface area (Å²) in [6.07, 6.45) is 1.38. The highest BCUT2D eigenvalue weighted by Crippen LogP contribution is 2.17. The number of hydrogen-bond acceptors (Lipinski definition) is 3. The van der Waals surface area contributed by atoms with E-state index in [9.17, 15) is 9.36 Å². The van der Waals surface area contributed by atoms with Crippen molar-refractivity contribution in [2.24, 2.45) is 16.9 Å². The molecule has 0 rings (SSSR count). The summed E-state index contributed by atoms with van der Waals surface area (Å²) in [4.78, 5) is 12.0. The normalized spacial score (nSPS) is 14.2. The van der Waals surface area contributed by atoms with Gasteiger partial charge in [0.1, 0.15) is 0 Å². The van der Waals surface area contributed by atoms with E-state index in [0.717, 1.165) is 0 Å². The average molecular weight is 278 g/mol. The van der Waals surface area contributed by atoms with Crippen LogP contribution in [0.15, 0.2) is 0 Å². The van der Waals surface area contributed by atoms with Gasteiger partial charge in [0.05, 0.1) is 6.04 Å². The van der Waals surface area contributed by atoms with Crippen LogP contribution in [0.5, 0.6) is 0 Å². The van der Waals surface area contributed by atoms with Gasteiger partial charge in [0.2, 0.25) is 0 Å². The molecule has 0 aromatic carbocycles. The van der Waals surface area contributed by atoms with Gasteiger partial charge in [0.25, 0.3) is 7.59 Å². The first-order valence-electron chi connectivity index (χ1n) is 6.35. The van der Waals surface area contributed by atoms with Crippen LogP contribution in [0.1, 0.15) is 40.5 Å². The van der Waals surface area contributed by atoms with Gasteiger partial charge >= 0.3 is 0 Å². The van der Waals surface area contributed by atoms with Crippen LogP contribution in [0.2, 0.25) is 0 Å². The topological polar surface area (TPSA) is 110 Å². The van der Waals surface area contributed by atoms with E-state index in [0.29, 0.717) is 19.4 Å². The second kappa shape index (κ2) is 8.02. The molecule has 0 amide bonds. The van der Waals surface area contributed by atoms with Crippen molar-refractivity contribution < 1.29 is 9.36 Å².